The van der Waals surface area contributed by atoms with Gasteiger partial charge in [0, 0.05) is 10.6 Å². The van der Waals surface area contributed by atoms with Crippen LogP contribution in [-0.4, -0.2) is 0 Å². The molecule has 0 radical (unpaired) electrons. The Bertz CT molecular complexity index is 1190. The fourth-order valence-electron chi connectivity index (χ4n) is 3.05. The molecule has 3 aromatic carbocycles. The molecule has 0 bridgehead atoms. The molecule has 0 fully saturated rings. The van der Waals surface area contributed by atoms with Gasteiger partial charge in [0.25, 0.3) is 0 Å². The van der Waals surface area contributed by atoms with E-state index in [1.54, 1.807) is 12.1 Å². The van der Waals surface area contributed by atoms with E-state index in [0.29, 0.717) is 21.8 Å². The van der Waals surface area contributed by atoms with Crippen LogP contribution in [0.3, 0.4) is 0 Å². The normalized spacial score (nSPS) is 11.0. The Morgan fingerprint density at radius 3 is 2.39 bits per heavy atom. The summed E-state index contributed by atoms with van der Waals surface area (Å²) >= 11 is 6.24. The molecule has 4 heteroatoms. The Balaban J connectivity index is 1.86. The predicted octanol–water partition coefficient (Wildman–Crippen LogP) is 6.31. The highest BCUT2D eigenvalue weighted by molar-refractivity contribution is 6.32. The van der Waals surface area contributed by atoms with Crippen molar-refractivity contribution in [3.05, 3.63) is 98.7 Å². The number of hydrogen-bond acceptors (Lipinski definition) is 3. The fourth-order valence-corrected chi connectivity index (χ4v) is 3.21. The highest BCUT2D eigenvalue weighted by Gasteiger charge is 2.18. The number of rotatable bonds is 4. The SMILES string of the molecule is Cc1ccc(COc2c(-c3ccccc3)oc3cc(C)c(Cl)cc3c2=O)cc1. The van der Waals surface area contributed by atoms with Gasteiger partial charge in [0.05, 0.1) is 5.39 Å². The minimum absolute atomic E-state index is 0.194. The van der Waals surface area contributed by atoms with Crippen molar-refractivity contribution in [1.82, 2.24) is 0 Å². The van der Waals surface area contributed by atoms with Crippen LogP contribution in [-0.2, 0) is 6.61 Å². The molecule has 4 aromatic rings. The first-order valence-corrected chi connectivity index (χ1v) is 9.41. The molecule has 0 atom stereocenters. The number of aryl methyl sites for hydroxylation is 2. The molecule has 0 aliphatic heterocycles. The lowest BCUT2D eigenvalue weighted by molar-refractivity contribution is 0.298. The van der Waals surface area contributed by atoms with E-state index in [0.717, 1.165) is 16.7 Å². The summed E-state index contributed by atoms with van der Waals surface area (Å²) < 4.78 is 12.1. The average molecular weight is 391 g/mol. The molecular formula is C24H19ClO3. The van der Waals surface area contributed by atoms with Crippen LogP contribution in [0.25, 0.3) is 22.3 Å². The summed E-state index contributed by atoms with van der Waals surface area (Å²) in [7, 11) is 0. The van der Waals surface area contributed by atoms with E-state index >= 15 is 0 Å². The van der Waals surface area contributed by atoms with Crippen LogP contribution in [0, 0.1) is 13.8 Å². The highest BCUT2D eigenvalue weighted by Crippen LogP contribution is 2.33. The molecule has 0 amide bonds. The molecule has 0 saturated carbocycles. The zero-order chi connectivity index (χ0) is 19.7. The first-order chi connectivity index (χ1) is 13.5. The quantitative estimate of drug-likeness (QED) is 0.410. The van der Waals surface area contributed by atoms with E-state index in [9.17, 15) is 4.79 Å². The van der Waals surface area contributed by atoms with E-state index in [2.05, 4.69) is 0 Å². The Kier molecular flexibility index (Phi) is 4.93. The second-order valence-corrected chi connectivity index (χ2v) is 7.23. The summed E-state index contributed by atoms with van der Waals surface area (Å²) in [5.41, 5.74) is 4.05. The topological polar surface area (TPSA) is 39.4 Å². The third-order valence-corrected chi connectivity index (χ3v) is 5.08. The lowest BCUT2D eigenvalue weighted by Gasteiger charge is -2.12. The predicted molar refractivity (Wildman–Crippen MR) is 113 cm³/mol. The van der Waals surface area contributed by atoms with Crippen molar-refractivity contribution in [3.8, 4) is 17.1 Å². The largest absolute Gasteiger partial charge is 0.481 e. The van der Waals surface area contributed by atoms with Crippen LogP contribution in [0.4, 0.5) is 0 Å². The standard InChI is InChI=1S/C24H19ClO3/c1-15-8-10-17(11-9-15)14-27-24-22(26)19-13-20(25)16(2)12-21(19)28-23(24)18-6-4-3-5-7-18/h3-13H,14H2,1-2H3. The summed E-state index contributed by atoms with van der Waals surface area (Å²) in [5.74, 6) is 0.617. The molecule has 140 valence electrons. The second-order valence-electron chi connectivity index (χ2n) is 6.83. The highest BCUT2D eigenvalue weighted by atomic mass is 35.5. The molecule has 0 aliphatic rings. The lowest BCUT2D eigenvalue weighted by Crippen LogP contribution is -2.10. The van der Waals surface area contributed by atoms with Crippen LogP contribution in [0.2, 0.25) is 5.02 Å². The first kappa shape index (κ1) is 18.3. The van der Waals surface area contributed by atoms with Crippen LogP contribution in [0.1, 0.15) is 16.7 Å². The molecule has 0 N–H and O–H groups in total. The van der Waals surface area contributed by atoms with Crippen LogP contribution >= 0.6 is 11.6 Å². The first-order valence-electron chi connectivity index (χ1n) is 9.03. The molecule has 3 nitrogen and oxygen atoms in total. The molecule has 0 saturated heterocycles. The summed E-state index contributed by atoms with van der Waals surface area (Å²) in [6.07, 6.45) is 0. The zero-order valence-electron chi connectivity index (χ0n) is 15.7. The molecule has 1 heterocycles. The molecule has 1 aromatic heterocycles. The van der Waals surface area contributed by atoms with Gasteiger partial charge in [-0.1, -0.05) is 71.8 Å². The van der Waals surface area contributed by atoms with Gasteiger partial charge in [-0.15, -0.1) is 0 Å². The Hall–Kier alpha value is -3.04. The molecule has 28 heavy (non-hydrogen) atoms. The van der Waals surface area contributed by atoms with Crippen molar-refractivity contribution in [2.24, 2.45) is 0 Å². The van der Waals surface area contributed by atoms with Gasteiger partial charge in [-0.05, 0) is 37.1 Å². The van der Waals surface area contributed by atoms with Crippen molar-refractivity contribution in [3.63, 3.8) is 0 Å². The molecule has 0 unspecified atom stereocenters. The monoisotopic (exact) mass is 390 g/mol. The maximum atomic E-state index is 13.2. The number of hydrogen-bond donors (Lipinski definition) is 0. The smallest absolute Gasteiger partial charge is 0.235 e. The molecule has 4 rings (SSSR count). The summed E-state index contributed by atoms with van der Waals surface area (Å²) in [6, 6.07) is 20.9. The molecular weight excluding hydrogens is 372 g/mol. The van der Waals surface area contributed by atoms with Gasteiger partial charge in [0.1, 0.15) is 12.2 Å². The Labute approximate surface area is 168 Å². The van der Waals surface area contributed by atoms with Gasteiger partial charge < -0.3 is 9.15 Å². The van der Waals surface area contributed by atoms with Crippen molar-refractivity contribution >= 4 is 22.6 Å². The van der Waals surface area contributed by atoms with Gasteiger partial charge in [0.2, 0.25) is 11.2 Å². The number of halogens is 1. The van der Waals surface area contributed by atoms with Crippen molar-refractivity contribution in [2.45, 2.75) is 20.5 Å². The van der Waals surface area contributed by atoms with Gasteiger partial charge >= 0.3 is 0 Å². The van der Waals surface area contributed by atoms with Gasteiger partial charge in [-0.3, -0.25) is 4.79 Å². The zero-order valence-corrected chi connectivity index (χ0v) is 16.4. The summed E-state index contributed by atoms with van der Waals surface area (Å²) in [6.45, 7) is 4.18. The van der Waals surface area contributed by atoms with E-state index in [-0.39, 0.29) is 17.8 Å². The Morgan fingerprint density at radius 1 is 0.964 bits per heavy atom. The van der Waals surface area contributed by atoms with E-state index < -0.39 is 0 Å². The average Bonchev–Trinajstić information content (AvgIpc) is 2.71. The van der Waals surface area contributed by atoms with E-state index in [1.165, 1.54) is 5.56 Å². The van der Waals surface area contributed by atoms with E-state index in [1.807, 2.05) is 68.4 Å². The Morgan fingerprint density at radius 2 is 1.68 bits per heavy atom. The number of fused-ring (bicyclic) bond motifs is 1. The third kappa shape index (κ3) is 3.54. The van der Waals surface area contributed by atoms with Gasteiger partial charge in [-0.2, -0.15) is 0 Å². The minimum atomic E-state index is -0.228. The fraction of sp³-hybridized carbons (Fsp3) is 0.125. The lowest BCUT2D eigenvalue weighted by atomic mass is 10.1. The number of ether oxygens (including phenoxy) is 1. The molecule has 0 aliphatic carbocycles. The van der Waals surface area contributed by atoms with Crippen molar-refractivity contribution in [2.75, 3.05) is 0 Å². The molecule has 0 spiro atoms. The van der Waals surface area contributed by atoms with Crippen molar-refractivity contribution in [1.29, 1.82) is 0 Å². The van der Waals surface area contributed by atoms with Gasteiger partial charge in [-0.25, -0.2) is 0 Å². The minimum Gasteiger partial charge on any atom is -0.481 e. The maximum Gasteiger partial charge on any atom is 0.235 e. The van der Waals surface area contributed by atoms with E-state index in [4.69, 9.17) is 20.8 Å². The van der Waals surface area contributed by atoms with Crippen LogP contribution < -0.4 is 10.2 Å². The number of benzene rings is 3. The van der Waals surface area contributed by atoms with Gasteiger partial charge in [0.15, 0.2) is 5.76 Å². The third-order valence-electron chi connectivity index (χ3n) is 4.67. The van der Waals surface area contributed by atoms with Crippen LogP contribution in [0.15, 0.2) is 75.9 Å². The summed E-state index contributed by atoms with van der Waals surface area (Å²) in [4.78, 5) is 13.2. The summed E-state index contributed by atoms with van der Waals surface area (Å²) in [5, 5.41) is 0.936. The van der Waals surface area contributed by atoms with Crippen LogP contribution in [0.5, 0.6) is 5.75 Å². The van der Waals surface area contributed by atoms with Crippen molar-refractivity contribution < 1.29 is 9.15 Å². The second kappa shape index (κ2) is 7.53. The maximum absolute atomic E-state index is 13.2.